The van der Waals surface area contributed by atoms with E-state index < -0.39 is 0 Å². The van der Waals surface area contributed by atoms with Crippen LogP contribution >= 0.6 is 0 Å². The van der Waals surface area contributed by atoms with Crippen LogP contribution in [-0.2, 0) is 0 Å². The van der Waals surface area contributed by atoms with Crippen LogP contribution in [0.5, 0.6) is 0 Å². The fraction of sp³-hybridized carbons (Fsp3) is 0. The molecule has 0 amide bonds. The Labute approximate surface area is 96.5 Å². The third-order valence-corrected chi connectivity index (χ3v) is 2.55. The molecule has 2 aromatic heterocycles. The molecule has 17 heavy (non-hydrogen) atoms. The summed E-state index contributed by atoms with van der Waals surface area (Å²) in [5.74, 6) is 0.166. The minimum Gasteiger partial charge on any atom is -0.384 e. The quantitative estimate of drug-likeness (QED) is 0.694. The van der Waals surface area contributed by atoms with Crippen molar-refractivity contribution >= 4 is 11.5 Å². The Kier molecular flexibility index (Phi) is 2.04. The van der Waals surface area contributed by atoms with Gasteiger partial charge in [-0.15, -0.1) is 0 Å². The zero-order chi connectivity index (χ0) is 11.8. The van der Waals surface area contributed by atoms with Crippen LogP contribution in [0.2, 0.25) is 0 Å². The molecule has 1 aromatic carbocycles. The maximum Gasteiger partial charge on any atom is 0.165 e. The van der Waals surface area contributed by atoms with Gasteiger partial charge >= 0.3 is 0 Å². The number of hydrogen-bond donors (Lipinski definition) is 1. The van der Waals surface area contributed by atoms with Gasteiger partial charge in [-0.3, -0.25) is 0 Å². The Morgan fingerprint density at radius 3 is 2.65 bits per heavy atom. The number of fused-ring (bicyclic) bond motifs is 1. The number of anilines is 1. The molecule has 4 nitrogen and oxygen atoms in total. The molecule has 2 heterocycles. The molecule has 0 aliphatic rings. The molecular formula is C12H9FN4. The maximum atomic E-state index is 12.8. The van der Waals surface area contributed by atoms with Crippen LogP contribution in [0.25, 0.3) is 16.8 Å². The Balaban J connectivity index is 2.23. The van der Waals surface area contributed by atoms with Crippen LogP contribution in [0.1, 0.15) is 0 Å². The summed E-state index contributed by atoms with van der Waals surface area (Å²) in [6.07, 6.45) is 3.43. The number of nitrogen functional groups attached to an aromatic ring is 1. The summed E-state index contributed by atoms with van der Waals surface area (Å²) in [5, 5.41) is 4.16. The summed E-state index contributed by atoms with van der Waals surface area (Å²) in [5.41, 5.74) is 8.00. The maximum absolute atomic E-state index is 12.8. The first-order chi connectivity index (χ1) is 8.24. The van der Waals surface area contributed by atoms with Crippen molar-refractivity contribution in [3.63, 3.8) is 0 Å². The predicted molar refractivity (Wildman–Crippen MR) is 62.8 cm³/mol. The van der Waals surface area contributed by atoms with E-state index in [2.05, 4.69) is 10.1 Å². The van der Waals surface area contributed by atoms with E-state index in [1.165, 1.54) is 12.1 Å². The summed E-state index contributed by atoms with van der Waals surface area (Å²) in [6.45, 7) is 0. The molecule has 2 N–H and O–H groups in total. The van der Waals surface area contributed by atoms with Crippen LogP contribution in [-0.4, -0.2) is 14.6 Å². The average Bonchev–Trinajstić information content (AvgIpc) is 2.73. The summed E-state index contributed by atoms with van der Waals surface area (Å²) in [4.78, 5) is 4.22. The second-order valence-electron chi connectivity index (χ2n) is 3.69. The number of halogens is 1. The van der Waals surface area contributed by atoms with Gasteiger partial charge in [-0.25, -0.2) is 13.9 Å². The predicted octanol–water partition coefficient (Wildman–Crippen LogP) is 2.12. The van der Waals surface area contributed by atoms with Gasteiger partial charge in [0.2, 0.25) is 0 Å². The zero-order valence-corrected chi connectivity index (χ0v) is 8.84. The van der Waals surface area contributed by atoms with Gasteiger partial charge in [-0.2, -0.15) is 5.10 Å². The lowest BCUT2D eigenvalue weighted by Crippen LogP contribution is -1.95. The second-order valence-corrected chi connectivity index (χ2v) is 3.69. The molecule has 0 aliphatic carbocycles. The number of nitrogens with zero attached hydrogens (tertiary/aromatic N) is 3. The Morgan fingerprint density at radius 1 is 1.12 bits per heavy atom. The lowest BCUT2D eigenvalue weighted by atomic mass is 10.1. The SMILES string of the molecule is Nc1ccn2ncc(-c3ccc(F)cc3)c2n1. The standard InChI is InChI=1S/C12H9FN4/c13-9-3-1-8(2-4-9)10-7-15-17-6-5-11(14)16-12(10)17/h1-7H,(H2,14,16). The highest BCUT2D eigenvalue weighted by Gasteiger charge is 2.08. The molecule has 0 unspecified atom stereocenters. The lowest BCUT2D eigenvalue weighted by molar-refractivity contribution is 0.628. The highest BCUT2D eigenvalue weighted by Crippen LogP contribution is 2.23. The van der Waals surface area contributed by atoms with Crippen LogP contribution in [0, 0.1) is 5.82 Å². The lowest BCUT2D eigenvalue weighted by Gasteiger charge is -1.99. The first-order valence-corrected chi connectivity index (χ1v) is 5.10. The minimum absolute atomic E-state index is 0.266. The van der Waals surface area contributed by atoms with E-state index in [0.29, 0.717) is 11.5 Å². The molecular weight excluding hydrogens is 219 g/mol. The average molecular weight is 228 g/mol. The topological polar surface area (TPSA) is 56.2 Å². The van der Waals surface area contributed by atoms with E-state index >= 15 is 0 Å². The summed E-state index contributed by atoms with van der Waals surface area (Å²) in [6, 6.07) is 7.87. The molecule has 0 bridgehead atoms. The summed E-state index contributed by atoms with van der Waals surface area (Å²) < 4.78 is 14.5. The van der Waals surface area contributed by atoms with E-state index in [4.69, 9.17) is 5.73 Å². The summed E-state index contributed by atoms with van der Waals surface area (Å²) in [7, 11) is 0. The Morgan fingerprint density at radius 2 is 1.88 bits per heavy atom. The van der Waals surface area contributed by atoms with E-state index in [1.54, 1.807) is 35.1 Å². The first-order valence-electron chi connectivity index (χ1n) is 5.10. The van der Waals surface area contributed by atoms with Crippen LogP contribution < -0.4 is 5.73 Å². The number of hydrogen-bond acceptors (Lipinski definition) is 3. The van der Waals surface area contributed by atoms with Gasteiger partial charge in [-0.05, 0) is 23.8 Å². The van der Waals surface area contributed by atoms with Gasteiger partial charge in [-0.1, -0.05) is 12.1 Å². The van der Waals surface area contributed by atoms with E-state index in [1.807, 2.05) is 0 Å². The van der Waals surface area contributed by atoms with E-state index in [-0.39, 0.29) is 5.82 Å². The van der Waals surface area contributed by atoms with Crippen molar-refractivity contribution in [2.75, 3.05) is 5.73 Å². The molecule has 0 spiro atoms. The van der Waals surface area contributed by atoms with Gasteiger partial charge in [0.15, 0.2) is 5.65 Å². The molecule has 3 rings (SSSR count). The summed E-state index contributed by atoms with van der Waals surface area (Å²) >= 11 is 0. The molecule has 5 heteroatoms. The normalized spacial score (nSPS) is 10.9. The molecule has 0 aliphatic heterocycles. The molecule has 0 saturated carbocycles. The zero-order valence-electron chi connectivity index (χ0n) is 8.84. The van der Waals surface area contributed by atoms with Crippen LogP contribution in [0.4, 0.5) is 10.2 Å². The van der Waals surface area contributed by atoms with Gasteiger partial charge in [0.1, 0.15) is 11.6 Å². The molecule has 0 saturated heterocycles. The van der Waals surface area contributed by atoms with Crippen molar-refractivity contribution in [3.05, 3.63) is 48.5 Å². The van der Waals surface area contributed by atoms with Crippen molar-refractivity contribution in [2.45, 2.75) is 0 Å². The Hall–Kier alpha value is -2.43. The highest BCUT2D eigenvalue weighted by molar-refractivity contribution is 5.77. The molecule has 0 radical (unpaired) electrons. The van der Waals surface area contributed by atoms with Crippen molar-refractivity contribution < 1.29 is 4.39 Å². The van der Waals surface area contributed by atoms with Gasteiger partial charge in [0.25, 0.3) is 0 Å². The third-order valence-electron chi connectivity index (χ3n) is 2.55. The smallest absolute Gasteiger partial charge is 0.165 e. The monoisotopic (exact) mass is 228 g/mol. The molecule has 0 fully saturated rings. The van der Waals surface area contributed by atoms with Crippen molar-refractivity contribution in [1.29, 1.82) is 0 Å². The second kappa shape index (κ2) is 3.55. The van der Waals surface area contributed by atoms with Crippen molar-refractivity contribution in [2.24, 2.45) is 0 Å². The largest absolute Gasteiger partial charge is 0.384 e. The molecule has 0 atom stereocenters. The number of benzene rings is 1. The fourth-order valence-corrected chi connectivity index (χ4v) is 1.72. The van der Waals surface area contributed by atoms with Crippen molar-refractivity contribution in [3.8, 4) is 11.1 Å². The Bertz CT molecular complexity index is 673. The number of aromatic nitrogens is 3. The van der Waals surface area contributed by atoms with Crippen LogP contribution in [0.3, 0.4) is 0 Å². The third kappa shape index (κ3) is 1.61. The molecule has 84 valence electrons. The highest BCUT2D eigenvalue weighted by atomic mass is 19.1. The van der Waals surface area contributed by atoms with Gasteiger partial charge < -0.3 is 5.73 Å². The first kappa shape index (κ1) is 9.77. The fourth-order valence-electron chi connectivity index (χ4n) is 1.72. The van der Waals surface area contributed by atoms with Crippen molar-refractivity contribution in [1.82, 2.24) is 14.6 Å². The molecule has 3 aromatic rings. The van der Waals surface area contributed by atoms with Crippen LogP contribution in [0.15, 0.2) is 42.7 Å². The van der Waals surface area contributed by atoms with E-state index in [0.717, 1.165) is 11.1 Å². The minimum atomic E-state index is -0.266. The van der Waals surface area contributed by atoms with Gasteiger partial charge in [0, 0.05) is 11.8 Å². The number of rotatable bonds is 1. The van der Waals surface area contributed by atoms with Gasteiger partial charge in [0.05, 0.1) is 6.20 Å². The van der Waals surface area contributed by atoms with E-state index in [9.17, 15) is 4.39 Å². The number of nitrogens with two attached hydrogens (primary N) is 1.